The summed E-state index contributed by atoms with van der Waals surface area (Å²) in [5.41, 5.74) is 0.766. The monoisotopic (exact) mass is 275 g/mol. The quantitative estimate of drug-likeness (QED) is 0.898. The van der Waals surface area contributed by atoms with Crippen LogP contribution in [0.25, 0.3) is 0 Å². The van der Waals surface area contributed by atoms with E-state index in [2.05, 4.69) is 19.2 Å². The SMILES string of the molecule is COc1cccc(CC(=O)C(C)(C)C2CCCNC2)c1. The molecule has 1 N–H and O–H groups in total. The molecule has 1 aliphatic rings. The van der Waals surface area contributed by atoms with Crippen molar-refractivity contribution in [1.82, 2.24) is 5.32 Å². The van der Waals surface area contributed by atoms with E-state index in [0.717, 1.165) is 30.8 Å². The lowest BCUT2D eigenvalue weighted by Crippen LogP contribution is -2.43. The topological polar surface area (TPSA) is 38.3 Å². The average Bonchev–Trinajstić information content (AvgIpc) is 2.48. The van der Waals surface area contributed by atoms with Crippen molar-refractivity contribution in [2.75, 3.05) is 20.2 Å². The second kappa shape index (κ2) is 6.40. The van der Waals surface area contributed by atoms with Crippen LogP contribution in [0.2, 0.25) is 0 Å². The molecule has 3 nitrogen and oxygen atoms in total. The van der Waals surface area contributed by atoms with E-state index in [9.17, 15) is 4.79 Å². The summed E-state index contributed by atoms with van der Waals surface area (Å²) in [5, 5.41) is 3.41. The molecule has 1 aromatic rings. The zero-order chi connectivity index (χ0) is 14.6. The smallest absolute Gasteiger partial charge is 0.143 e. The number of hydrogen-bond donors (Lipinski definition) is 1. The van der Waals surface area contributed by atoms with Gasteiger partial charge in [0.25, 0.3) is 0 Å². The van der Waals surface area contributed by atoms with Crippen LogP contribution in [0.1, 0.15) is 32.3 Å². The van der Waals surface area contributed by atoms with Gasteiger partial charge in [0.1, 0.15) is 11.5 Å². The summed E-state index contributed by atoms with van der Waals surface area (Å²) in [6.07, 6.45) is 2.80. The Labute approximate surface area is 121 Å². The lowest BCUT2D eigenvalue weighted by atomic mass is 9.71. The maximum atomic E-state index is 12.7. The maximum Gasteiger partial charge on any atom is 0.143 e. The Morgan fingerprint density at radius 2 is 2.25 bits per heavy atom. The molecule has 1 aliphatic heterocycles. The van der Waals surface area contributed by atoms with Gasteiger partial charge >= 0.3 is 0 Å². The summed E-state index contributed by atoms with van der Waals surface area (Å²) in [5.74, 6) is 1.57. The fraction of sp³-hybridized carbons (Fsp3) is 0.588. The zero-order valence-corrected chi connectivity index (χ0v) is 12.7. The average molecular weight is 275 g/mol. The molecule has 2 rings (SSSR count). The van der Waals surface area contributed by atoms with Crippen LogP contribution < -0.4 is 10.1 Å². The second-order valence-electron chi connectivity index (χ2n) is 6.22. The van der Waals surface area contributed by atoms with Crippen molar-refractivity contribution in [3.8, 4) is 5.75 Å². The largest absolute Gasteiger partial charge is 0.497 e. The first kappa shape index (κ1) is 15.0. The van der Waals surface area contributed by atoms with Crippen LogP contribution in [0.3, 0.4) is 0 Å². The van der Waals surface area contributed by atoms with E-state index in [1.807, 2.05) is 24.3 Å². The number of benzene rings is 1. The minimum atomic E-state index is -0.267. The van der Waals surface area contributed by atoms with E-state index in [1.165, 1.54) is 6.42 Å². The van der Waals surface area contributed by atoms with Gasteiger partial charge in [-0.2, -0.15) is 0 Å². The van der Waals surface area contributed by atoms with Gasteiger partial charge in [0.2, 0.25) is 0 Å². The van der Waals surface area contributed by atoms with E-state index in [0.29, 0.717) is 18.1 Å². The van der Waals surface area contributed by atoms with Crippen LogP contribution in [-0.2, 0) is 11.2 Å². The van der Waals surface area contributed by atoms with Gasteiger partial charge in [0, 0.05) is 11.8 Å². The number of Topliss-reactive ketones (excluding diaryl/α,β-unsaturated/α-hetero) is 1. The third-order valence-corrected chi connectivity index (χ3v) is 4.53. The highest BCUT2D eigenvalue weighted by molar-refractivity contribution is 5.86. The van der Waals surface area contributed by atoms with E-state index in [1.54, 1.807) is 7.11 Å². The number of nitrogens with one attached hydrogen (secondary N) is 1. The molecule has 0 aliphatic carbocycles. The molecule has 1 aromatic carbocycles. The molecule has 0 spiro atoms. The maximum absolute atomic E-state index is 12.7. The third kappa shape index (κ3) is 3.40. The van der Waals surface area contributed by atoms with Crippen molar-refractivity contribution >= 4 is 5.78 Å². The van der Waals surface area contributed by atoms with Crippen LogP contribution in [0.5, 0.6) is 5.75 Å². The minimum Gasteiger partial charge on any atom is -0.497 e. The van der Waals surface area contributed by atoms with Crippen LogP contribution in [0.4, 0.5) is 0 Å². The first-order chi connectivity index (χ1) is 9.54. The Hall–Kier alpha value is -1.35. The van der Waals surface area contributed by atoms with Crippen molar-refractivity contribution in [3.05, 3.63) is 29.8 Å². The van der Waals surface area contributed by atoms with Crippen LogP contribution in [-0.4, -0.2) is 26.0 Å². The molecule has 1 atom stereocenters. The summed E-state index contributed by atoms with van der Waals surface area (Å²) < 4.78 is 5.22. The number of ketones is 1. The van der Waals surface area contributed by atoms with E-state index in [-0.39, 0.29) is 5.41 Å². The van der Waals surface area contributed by atoms with Gasteiger partial charge in [-0.3, -0.25) is 4.79 Å². The number of rotatable bonds is 5. The molecule has 0 bridgehead atoms. The Kier molecular flexibility index (Phi) is 4.81. The lowest BCUT2D eigenvalue weighted by molar-refractivity contribution is -0.129. The molecule has 1 fully saturated rings. The van der Waals surface area contributed by atoms with Crippen LogP contribution in [0.15, 0.2) is 24.3 Å². The third-order valence-electron chi connectivity index (χ3n) is 4.53. The molecular formula is C17H25NO2. The van der Waals surface area contributed by atoms with E-state index < -0.39 is 0 Å². The Balaban J connectivity index is 2.05. The summed E-state index contributed by atoms with van der Waals surface area (Å²) in [4.78, 5) is 12.7. The number of hydrogen-bond acceptors (Lipinski definition) is 3. The number of piperidine rings is 1. The summed E-state index contributed by atoms with van der Waals surface area (Å²) in [7, 11) is 1.65. The summed E-state index contributed by atoms with van der Waals surface area (Å²) in [6.45, 7) is 6.22. The Morgan fingerprint density at radius 3 is 2.90 bits per heavy atom. The molecule has 1 unspecified atom stereocenters. The fourth-order valence-corrected chi connectivity index (χ4v) is 2.89. The molecule has 20 heavy (non-hydrogen) atoms. The molecule has 3 heteroatoms. The Morgan fingerprint density at radius 1 is 1.45 bits per heavy atom. The molecule has 0 saturated carbocycles. The van der Waals surface area contributed by atoms with Gasteiger partial charge in [-0.1, -0.05) is 26.0 Å². The molecule has 0 radical (unpaired) electrons. The molecule has 110 valence electrons. The van der Waals surface area contributed by atoms with Gasteiger partial charge < -0.3 is 10.1 Å². The van der Waals surface area contributed by atoms with Crippen molar-refractivity contribution < 1.29 is 9.53 Å². The summed E-state index contributed by atoms with van der Waals surface area (Å²) in [6, 6.07) is 7.80. The van der Waals surface area contributed by atoms with Crippen molar-refractivity contribution in [2.24, 2.45) is 11.3 Å². The molecule has 0 aromatic heterocycles. The highest BCUT2D eigenvalue weighted by Gasteiger charge is 2.36. The van der Waals surface area contributed by atoms with Gasteiger partial charge in [-0.15, -0.1) is 0 Å². The normalized spacial score (nSPS) is 19.6. The van der Waals surface area contributed by atoms with Crippen molar-refractivity contribution in [1.29, 1.82) is 0 Å². The molecular weight excluding hydrogens is 250 g/mol. The summed E-state index contributed by atoms with van der Waals surface area (Å²) >= 11 is 0. The second-order valence-corrected chi connectivity index (χ2v) is 6.22. The first-order valence-corrected chi connectivity index (χ1v) is 7.41. The standard InChI is InChI=1S/C17H25NO2/c1-17(2,14-7-5-9-18-12-14)16(19)11-13-6-4-8-15(10-13)20-3/h4,6,8,10,14,18H,5,7,9,11-12H2,1-3H3. The molecule has 0 amide bonds. The zero-order valence-electron chi connectivity index (χ0n) is 12.7. The van der Waals surface area contributed by atoms with Crippen molar-refractivity contribution in [3.63, 3.8) is 0 Å². The lowest BCUT2D eigenvalue weighted by Gasteiger charge is -2.36. The number of carbonyl (C=O) groups is 1. The van der Waals surface area contributed by atoms with Gasteiger partial charge in [0.05, 0.1) is 7.11 Å². The predicted molar refractivity (Wildman–Crippen MR) is 81.1 cm³/mol. The molecule has 1 heterocycles. The fourth-order valence-electron chi connectivity index (χ4n) is 2.89. The molecule has 1 saturated heterocycles. The highest BCUT2D eigenvalue weighted by Crippen LogP contribution is 2.33. The highest BCUT2D eigenvalue weighted by atomic mass is 16.5. The van der Waals surface area contributed by atoms with Crippen LogP contribution >= 0.6 is 0 Å². The first-order valence-electron chi connectivity index (χ1n) is 7.41. The van der Waals surface area contributed by atoms with Crippen LogP contribution in [0, 0.1) is 11.3 Å². The van der Waals surface area contributed by atoms with Crippen molar-refractivity contribution in [2.45, 2.75) is 33.1 Å². The number of ether oxygens (including phenoxy) is 1. The Bertz CT molecular complexity index is 462. The van der Waals surface area contributed by atoms with Gasteiger partial charge in [-0.25, -0.2) is 0 Å². The van der Waals surface area contributed by atoms with Gasteiger partial charge in [0.15, 0.2) is 0 Å². The number of methoxy groups -OCH3 is 1. The number of carbonyl (C=O) groups excluding carboxylic acids is 1. The van der Waals surface area contributed by atoms with E-state index in [4.69, 9.17) is 4.74 Å². The van der Waals surface area contributed by atoms with Gasteiger partial charge in [-0.05, 0) is 49.5 Å². The predicted octanol–water partition coefficient (Wildman–Crippen LogP) is 2.83. The van der Waals surface area contributed by atoms with E-state index >= 15 is 0 Å². The minimum absolute atomic E-state index is 0.267.